The Morgan fingerprint density at radius 3 is 2.27 bits per heavy atom. The molecule has 0 unspecified atom stereocenters. The van der Waals surface area contributed by atoms with E-state index in [0.717, 1.165) is 11.3 Å². The monoisotopic (exact) mass is 207 g/mol. The molecule has 15 heavy (non-hydrogen) atoms. The molecule has 3 nitrogen and oxygen atoms in total. The molecule has 0 saturated heterocycles. The highest BCUT2D eigenvalue weighted by atomic mass is 16.5. The van der Waals surface area contributed by atoms with Crippen molar-refractivity contribution in [1.82, 2.24) is 0 Å². The highest BCUT2D eigenvalue weighted by Crippen LogP contribution is 2.22. The van der Waals surface area contributed by atoms with E-state index in [1.807, 2.05) is 24.3 Å². The van der Waals surface area contributed by atoms with E-state index in [0.29, 0.717) is 6.42 Å². The molecule has 0 aliphatic rings. The predicted molar refractivity (Wildman–Crippen MR) is 55.5 cm³/mol. The van der Waals surface area contributed by atoms with Crippen molar-refractivity contribution in [3.8, 4) is 5.75 Å². The Morgan fingerprint density at radius 1 is 1.33 bits per heavy atom. The molecule has 0 N–H and O–H groups in total. The van der Waals surface area contributed by atoms with Crippen LogP contribution in [0, 0.1) is 5.41 Å². The average Bonchev–Trinajstić information content (AvgIpc) is 2.18. The third-order valence-corrected chi connectivity index (χ3v) is 2.36. The predicted octanol–water partition coefficient (Wildman–Crippen LogP) is 1.01. The van der Waals surface area contributed by atoms with Gasteiger partial charge in [0.25, 0.3) is 0 Å². The summed E-state index contributed by atoms with van der Waals surface area (Å²) in [6.07, 6.45) is 0.458. The zero-order chi connectivity index (χ0) is 11.5. The van der Waals surface area contributed by atoms with Crippen molar-refractivity contribution in [2.24, 2.45) is 5.41 Å². The summed E-state index contributed by atoms with van der Waals surface area (Å²) in [6, 6.07) is 7.37. The van der Waals surface area contributed by atoms with Gasteiger partial charge in [-0.1, -0.05) is 26.0 Å². The van der Waals surface area contributed by atoms with Gasteiger partial charge in [-0.25, -0.2) is 0 Å². The molecule has 0 heterocycles. The lowest BCUT2D eigenvalue weighted by molar-refractivity contribution is -0.317. The molecule has 0 aromatic heterocycles. The van der Waals surface area contributed by atoms with Crippen molar-refractivity contribution in [3.63, 3.8) is 0 Å². The molecule has 1 aromatic carbocycles. The number of carbonyl (C=O) groups is 1. The van der Waals surface area contributed by atoms with Crippen LogP contribution in [0.3, 0.4) is 0 Å². The highest BCUT2D eigenvalue weighted by Gasteiger charge is 2.19. The quantitative estimate of drug-likeness (QED) is 0.740. The van der Waals surface area contributed by atoms with Gasteiger partial charge in [0.05, 0.1) is 7.11 Å². The van der Waals surface area contributed by atoms with Gasteiger partial charge in [0.15, 0.2) is 0 Å². The van der Waals surface area contributed by atoms with Crippen LogP contribution in [0.15, 0.2) is 24.3 Å². The molecule has 1 aromatic rings. The van der Waals surface area contributed by atoms with Crippen molar-refractivity contribution >= 4 is 5.97 Å². The summed E-state index contributed by atoms with van der Waals surface area (Å²) in [6.45, 7) is 3.32. The molecule has 3 heteroatoms. The van der Waals surface area contributed by atoms with Gasteiger partial charge in [-0.2, -0.15) is 0 Å². The van der Waals surface area contributed by atoms with E-state index in [9.17, 15) is 9.90 Å². The summed E-state index contributed by atoms with van der Waals surface area (Å²) in [5.41, 5.74) is 0.124. The third kappa shape index (κ3) is 2.98. The Bertz CT molecular complexity index is 338. The molecule has 0 saturated carbocycles. The summed E-state index contributed by atoms with van der Waals surface area (Å²) in [5.74, 6) is -0.261. The topological polar surface area (TPSA) is 49.4 Å². The number of carboxylic acids is 1. The van der Waals surface area contributed by atoms with Crippen LogP contribution in [0.2, 0.25) is 0 Å². The molecular formula is C12H15O3-. The molecule has 0 fully saturated rings. The molecule has 0 radical (unpaired) electrons. The Balaban J connectivity index is 2.77. The Morgan fingerprint density at radius 2 is 1.87 bits per heavy atom. The van der Waals surface area contributed by atoms with Crippen molar-refractivity contribution in [2.45, 2.75) is 20.3 Å². The first kappa shape index (κ1) is 11.6. The second-order valence-corrected chi connectivity index (χ2v) is 4.20. The summed E-state index contributed by atoms with van der Waals surface area (Å²) in [7, 11) is 1.60. The summed E-state index contributed by atoms with van der Waals surface area (Å²) in [5, 5.41) is 10.8. The van der Waals surface area contributed by atoms with E-state index in [1.54, 1.807) is 21.0 Å². The van der Waals surface area contributed by atoms with Gasteiger partial charge in [0.1, 0.15) is 5.75 Å². The maximum atomic E-state index is 10.8. The summed E-state index contributed by atoms with van der Waals surface area (Å²) in [4.78, 5) is 10.8. The number of methoxy groups -OCH3 is 1. The van der Waals surface area contributed by atoms with Crippen molar-refractivity contribution in [3.05, 3.63) is 29.8 Å². The second kappa shape index (κ2) is 4.34. The summed E-state index contributed by atoms with van der Waals surface area (Å²) >= 11 is 0. The van der Waals surface area contributed by atoms with Crippen LogP contribution in [0.5, 0.6) is 5.75 Å². The number of carbonyl (C=O) groups excluding carboxylic acids is 1. The minimum atomic E-state index is -1.03. The van der Waals surface area contributed by atoms with Crippen LogP contribution >= 0.6 is 0 Å². The molecule has 0 bridgehead atoms. The van der Waals surface area contributed by atoms with Gasteiger partial charge in [0.2, 0.25) is 0 Å². The minimum absolute atomic E-state index is 0.458. The fraction of sp³-hybridized carbons (Fsp3) is 0.417. The lowest BCUT2D eigenvalue weighted by Gasteiger charge is -2.25. The van der Waals surface area contributed by atoms with Gasteiger partial charge >= 0.3 is 0 Å². The molecule has 82 valence electrons. The standard InChI is InChI=1S/C12H16O3/c1-12(2,11(13)14)8-9-4-6-10(15-3)7-5-9/h4-7H,8H2,1-3H3,(H,13,14)/p-1. The number of aliphatic carboxylic acids is 1. The number of ether oxygens (including phenoxy) is 1. The molecule has 0 aliphatic heterocycles. The molecule has 0 aliphatic carbocycles. The Hall–Kier alpha value is -1.51. The van der Waals surface area contributed by atoms with Crippen molar-refractivity contribution < 1.29 is 14.6 Å². The number of hydrogen-bond acceptors (Lipinski definition) is 3. The Labute approximate surface area is 89.7 Å². The first-order valence-corrected chi connectivity index (χ1v) is 4.80. The van der Waals surface area contributed by atoms with Crippen LogP contribution in [-0.4, -0.2) is 13.1 Å². The van der Waals surface area contributed by atoms with Gasteiger partial charge in [-0.3, -0.25) is 0 Å². The molecule has 1 rings (SSSR count). The minimum Gasteiger partial charge on any atom is -0.550 e. The largest absolute Gasteiger partial charge is 0.550 e. The molecular weight excluding hydrogens is 192 g/mol. The van der Waals surface area contributed by atoms with Gasteiger partial charge in [-0.05, 0) is 24.1 Å². The summed E-state index contributed by atoms with van der Waals surface area (Å²) < 4.78 is 5.02. The Kier molecular flexibility index (Phi) is 3.35. The van der Waals surface area contributed by atoms with Crippen LogP contribution in [0.25, 0.3) is 0 Å². The van der Waals surface area contributed by atoms with Gasteiger partial charge < -0.3 is 14.6 Å². The number of hydrogen-bond donors (Lipinski definition) is 0. The maximum Gasteiger partial charge on any atom is 0.118 e. The molecule has 0 amide bonds. The van der Waals surface area contributed by atoms with Crippen LogP contribution in [0.4, 0.5) is 0 Å². The van der Waals surface area contributed by atoms with Crippen LogP contribution < -0.4 is 9.84 Å². The van der Waals surface area contributed by atoms with E-state index < -0.39 is 11.4 Å². The second-order valence-electron chi connectivity index (χ2n) is 4.20. The van der Waals surface area contributed by atoms with E-state index >= 15 is 0 Å². The lowest BCUT2D eigenvalue weighted by atomic mass is 9.86. The SMILES string of the molecule is COc1ccc(CC(C)(C)C(=O)[O-])cc1. The fourth-order valence-corrected chi connectivity index (χ4v) is 1.33. The normalized spacial score (nSPS) is 11.1. The molecule has 0 spiro atoms. The van der Waals surface area contributed by atoms with E-state index in [4.69, 9.17) is 4.74 Å². The van der Waals surface area contributed by atoms with Crippen LogP contribution in [-0.2, 0) is 11.2 Å². The smallest absolute Gasteiger partial charge is 0.118 e. The third-order valence-electron chi connectivity index (χ3n) is 2.36. The maximum absolute atomic E-state index is 10.8. The first-order valence-electron chi connectivity index (χ1n) is 4.80. The average molecular weight is 207 g/mol. The molecule has 0 atom stereocenters. The highest BCUT2D eigenvalue weighted by molar-refractivity contribution is 5.71. The van der Waals surface area contributed by atoms with Gasteiger partial charge in [0, 0.05) is 11.4 Å². The van der Waals surface area contributed by atoms with E-state index in [-0.39, 0.29) is 0 Å². The van der Waals surface area contributed by atoms with Crippen molar-refractivity contribution in [2.75, 3.05) is 7.11 Å². The van der Waals surface area contributed by atoms with Crippen molar-refractivity contribution in [1.29, 1.82) is 0 Å². The van der Waals surface area contributed by atoms with Crippen LogP contribution in [0.1, 0.15) is 19.4 Å². The number of carboxylic acid groups (broad SMARTS) is 1. The van der Waals surface area contributed by atoms with Gasteiger partial charge in [-0.15, -0.1) is 0 Å². The fourth-order valence-electron chi connectivity index (χ4n) is 1.33. The zero-order valence-corrected chi connectivity index (χ0v) is 9.24. The zero-order valence-electron chi connectivity index (χ0n) is 9.24. The number of benzene rings is 1. The van der Waals surface area contributed by atoms with E-state index in [1.165, 1.54) is 0 Å². The first-order chi connectivity index (χ1) is 6.95. The lowest BCUT2D eigenvalue weighted by Crippen LogP contribution is -2.39. The van der Waals surface area contributed by atoms with E-state index in [2.05, 4.69) is 0 Å². The number of rotatable bonds is 4.